The summed E-state index contributed by atoms with van der Waals surface area (Å²) in [6.07, 6.45) is 1.33. The van der Waals surface area contributed by atoms with Crippen molar-refractivity contribution in [2.75, 3.05) is 6.54 Å². The summed E-state index contributed by atoms with van der Waals surface area (Å²) in [4.78, 5) is 42.9. The summed E-state index contributed by atoms with van der Waals surface area (Å²) in [5.41, 5.74) is 5.52. The normalized spacial score (nSPS) is 18.7. The number of ether oxygens (including phenoxy) is 1. The van der Waals surface area contributed by atoms with Crippen LogP contribution in [0.2, 0.25) is 0 Å². The first-order valence-electron chi connectivity index (χ1n) is 14.0. The molecule has 1 aromatic heterocycles. The molecule has 0 aliphatic carbocycles. The summed E-state index contributed by atoms with van der Waals surface area (Å²) in [5, 5.41) is 18.8. The van der Waals surface area contributed by atoms with Crippen molar-refractivity contribution in [2.24, 2.45) is 11.8 Å². The van der Waals surface area contributed by atoms with Crippen LogP contribution in [0.4, 0.5) is 0 Å². The maximum Gasteiger partial charge on any atom is 0.258 e. The van der Waals surface area contributed by atoms with Crippen LogP contribution in [0.1, 0.15) is 71.7 Å². The highest BCUT2D eigenvalue weighted by atomic mass is 16.6. The van der Waals surface area contributed by atoms with Crippen LogP contribution >= 0.6 is 0 Å². The van der Waals surface area contributed by atoms with Gasteiger partial charge in [0.2, 0.25) is 11.8 Å². The van der Waals surface area contributed by atoms with E-state index >= 15 is 0 Å². The predicted octanol–water partition coefficient (Wildman–Crippen LogP) is 3.07. The summed E-state index contributed by atoms with van der Waals surface area (Å²) in [6.45, 7) is 14.8. The van der Waals surface area contributed by atoms with E-state index in [4.69, 9.17) is 9.72 Å². The highest BCUT2D eigenvalue weighted by molar-refractivity contribution is 5.92. The molecule has 3 rings (SSSR count). The number of fused-ring (bicyclic) bond motifs is 1. The molecule has 40 heavy (non-hydrogen) atoms. The van der Waals surface area contributed by atoms with Crippen LogP contribution in [-0.2, 0) is 19.1 Å². The van der Waals surface area contributed by atoms with Gasteiger partial charge in [-0.25, -0.2) is 5.43 Å². The highest BCUT2D eigenvalue weighted by Gasteiger charge is 2.33. The standard InChI is InChI=1S/C30H43N5O5/c1-8-21-11-12-22-13-14-23(32-25(22)16-21)20(7)40-30(39)24-10-9-15-35(34-24)29(38)19(6)31-28(37)26(17(2)3)33-27(36)18(4)5/h8,11-14,16-20,24,26,30,34,39H,1,9-10,15H2,2-7H3,(H,31,37)(H,33,36)/t19-,20+,24-,26-,30-/m0/s1. The van der Waals surface area contributed by atoms with Gasteiger partial charge in [0.1, 0.15) is 12.1 Å². The number of pyridine rings is 1. The average molecular weight is 554 g/mol. The zero-order chi connectivity index (χ0) is 29.6. The average Bonchev–Trinajstić information content (AvgIpc) is 2.94. The quantitative estimate of drug-likeness (QED) is 0.314. The second kappa shape index (κ2) is 13.8. The molecule has 10 heteroatoms. The molecule has 10 nitrogen and oxygen atoms in total. The Balaban J connectivity index is 1.59. The summed E-state index contributed by atoms with van der Waals surface area (Å²) in [6, 6.07) is 7.62. The van der Waals surface area contributed by atoms with Crippen LogP contribution in [-0.4, -0.2) is 63.8 Å². The summed E-state index contributed by atoms with van der Waals surface area (Å²) in [7, 11) is 0. The van der Waals surface area contributed by atoms with E-state index in [0.29, 0.717) is 25.1 Å². The van der Waals surface area contributed by atoms with E-state index in [-0.39, 0.29) is 23.7 Å². The number of aromatic nitrogens is 1. The fourth-order valence-corrected chi connectivity index (χ4v) is 4.51. The Hall–Kier alpha value is -3.34. The Morgan fingerprint density at radius 1 is 1.10 bits per heavy atom. The van der Waals surface area contributed by atoms with Crippen molar-refractivity contribution in [1.82, 2.24) is 26.1 Å². The molecule has 0 spiro atoms. The number of aliphatic hydroxyl groups is 1. The SMILES string of the molecule is C=Cc1ccc2ccc([C@@H](C)O[C@H](O)[C@@H]3CCCN(C(=O)[C@H](C)NC(=O)[C@@H](NC(=O)C(C)C)C(C)C)N3)nc2c1. The van der Waals surface area contributed by atoms with Crippen molar-refractivity contribution < 1.29 is 24.2 Å². The lowest BCUT2D eigenvalue weighted by molar-refractivity contribution is -0.172. The van der Waals surface area contributed by atoms with Crippen molar-refractivity contribution in [2.45, 2.75) is 84.9 Å². The van der Waals surface area contributed by atoms with Gasteiger partial charge in [-0.15, -0.1) is 0 Å². The number of hydrogen-bond donors (Lipinski definition) is 4. The van der Waals surface area contributed by atoms with E-state index in [1.165, 1.54) is 5.01 Å². The van der Waals surface area contributed by atoms with E-state index < -0.39 is 36.4 Å². The van der Waals surface area contributed by atoms with Crippen LogP contribution in [0, 0.1) is 11.8 Å². The van der Waals surface area contributed by atoms with E-state index in [1.54, 1.807) is 26.8 Å². The molecule has 1 aromatic carbocycles. The third kappa shape index (κ3) is 7.87. The van der Waals surface area contributed by atoms with Crippen LogP contribution in [0.3, 0.4) is 0 Å². The van der Waals surface area contributed by atoms with Gasteiger partial charge in [-0.1, -0.05) is 58.5 Å². The molecule has 5 atom stereocenters. The number of amides is 3. The van der Waals surface area contributed by atoms with E-state index in [1.807, 2.05) is 51.1 Å². The van der Waals surface area contributed by atoms with Crippen molar-refractivity contribution >= 4 is 34.7 Å². The molecular formula is C30H43N5O5. The van der Waals surface area contributed by atoms with Gasteiger partial charge in [-0.2, -0.15) is 0 Å². The van der Waals surface area contributed by atoms with E-state index in [9.17, 15) is 19.5 Å². The molecule has 0 bridgehead atoms. The number of hydrogen-bond acceptors (Lipinski definition) is 7. The Morgan fingerprint density at radius 3 is 2.45 bits per heavy atom. The van der Waals surface area contributed by atoms with Gasteiger partial charge in [0.05, 0.1) is 23.4 Å². The molecule has 0 unspecified atom stereocenters. The van der Waals surface area contributed by atoms with Crippen molar-refractivity contribution in [1.29, 1.82) is 0 Å². The fourth-order valence-electron chi connectivity index (χ4n) is 4.51. The second-order valence-electron chi connectivity index (χ2n) is 11.0. The lowest BCUT2D eigenvalue weighted by atomic mass is 10.0. The zero-order valence-corrected chi connectivity index (χ0v) is 24.3. The number of nitrogens with one attached hydrogen (secondary N) is 3. The predicted molar refractivity (Wildman–Crippen MR) is 154 cm³/mol. The largest absolute Gasteiger partial charge is 0.367 e. The van der Waals surface area contributed by atoms with Gasteiger partial charge in [0.15, 0.2) is 6.29 Å². The molecule has 3 amide bonds. The fraction of sp³-hybridized carbons (Fsp3) is 0.533. The maximum atomic E-state index is 13.2. The van der Waals surface area contributed by atoms with E-state index in [0.717, 1.165) is 16.5 Å². The van der Waals surface area contributed by atoms with Crippen molar-refractivity contribution in [3.63, 3.8) is 0 Å². The number of carbonyl (C=O) groups is 3. The summed E-state index contributed by atoms with van der Waals surface area (Å²) in [5.74, 6) is -1.40. The molecular weight excluding hydrogens is 510 g/mol. The van der Waals surface area contributed by atoms with Crippen LogP contribution in [0.15, 0.2) is 36.9 Å². The van der Waals surface area contributed by atoms with Crippen molar-refractivity contribution in [3.8, 4) is 0 Å². The number of nitrogens with zero attached hydrogens (tertiary/aromatic N) is 2. The minimum absolute atomic E-state index is 0.155. The van der Waals surface area contributed by atoms with Gasteiger partial charge >= 0.3 is 0 Å². The Morgan fingerprint density at radius 2 is 1.80 bits per heavy atom. The molecule has 2 heterocycles. The highest BCUT2D eigenvalue weighted by Crippen LogP contribution is 2.23. The molecule has 2 aromatic rings. The zero-order valence-electron chi connectivity index (χ0n) is 24.3. The molecule has 1 fully saturated rings. The first kappa shape index (κ1) is 31.2. The molecule has 218 valence electrons. The summed E-state index contributed by atoms with van der Waals surface area (Å²) < 4.78 is 5.91. The number of benzene rings is 1. The lowest BCUT2D eigenvalue weighted by Gasteiger charge is -2.38. The first-order chi connectivity index (χ1) is 18.9. The Bertz CT molecular complexity index is 1220. The molecule has 0 radical (unpaired) electrons. The first-order valence-corrected chi connectivity index (χ1v) is 14.0. The van der Waals surface area contributed by atoms with Crippen LogP contribution in [0.25, 0.3) is 17.0 Å². The van der Waals surface area contributed by atoms with Crippen molar-refractivity contribution in [3.05, 3.63) is 48.2 Å². The van der Waals surface area contributed by atoms with E-state index in [2.05, 4.69) is 22.6 Å². The minimum atomic E-state index is -1.19. The molecule has 0 saturated carbocycles. The Labute approximate surface area is 236 Å². The van der Waals surface area contributed by atoms with Gasteiger partial charge in [-0.05, 0) is 50.3 Å². The van der Waals surface area contributed by atoms with Crippen LogP contribution in [0.5, 0.6) is 0 Å². The third-order valence-electron chi connectivity index (χ3n) is 7.06. The van der Waals surface area contributed by atoms with Gasteiger partial charge < -0.3 is 20.5 Å². The number of aliphatic hydroxyl groups excluding tert-OH is 1. The molecule has 1 aliphatic rings. The number of hydrazine groups is 1. The Kier molecular flexibility index (Phi) is 10.8. The number of rotatable bonds is 11. The molecule has 4 N–H and O–H groups in total. The molecule has 1 aliphatic heterocycles. The topological polar surface area (TPSA) is 133 Å². The van der Waals surface area contributed by atoms with Gasteiger partial charge in [-0.3, -0.25) is 24.4 Å². The summed E-state index contributed by atoms with van der Waals surface area (Å²) >= 11 is 0. The lowest BCUT2D eigenvalue weighted by Crippen LogP contribution is -2.61. The smallest absolute Gasteiger partial charge is 0.258 e. The third-order valence-corrected chi connectivity index (χ3v) is 7.06. The monoisotopic (exact) mass is 553 g/mol. The second-order valence-corrected chi connectivity index (χ2v) is 11.0. The molecule has 1 saturated heterocycles. The van der Waals surface area contributed by atoms with Gasteiger partial charge in [0, 0.05) is 17.8 Å². The maximum absolute atomic E-state index is 13.2. The van der Waals surface area contributed by atoms with Gasteiger partial charge in [0.25, 0.3) is 5.91 Å². The minimum Gasteiger partial charge on any atom is -0.367 e. The van der Waals surface area contributed by atoms with Crippen LogP contribution < -0.4 is 16.1 Å². The number of carbonyl (C=O) groups excluding carboxylic acids is 3.